The third-order valence-electron chi connectivity index (χ3n) is 4.28. The van der Waals surface area contributed by atoms with Gasteiger partial charge in [0.15, 0.2) is 0 Å². The van der Waals surface area contributed by atoms with Crippen LogP contribution in [0.4, 0.5) is 18.9 Å². The minimum Gasteiger partial charge on any atom is -0.362 e. The number of non-ortho nitro benzene ring substituents is 1. The maximum atomic E-state index is 13.5. The lowest BCUT2D eigenvalue weighted by molar-refractivity contribution is -0.384. The normalized spacial score (nSPS) is 19.4. The molecule has 0 aromatic heterocycles. The Morgan fingerprint density at radius 2 is 1.79 bits per heavy atom. The first-order chi connectivity index (χ1) is 13.1. The van der Waals surface area contributed by atoms with E-state index < -0.39 is 29.2 Å². The molecule has 146 valence electrons. The largest absolute Gasteiger partial charge is 0.438 e. The molecule has 0 spiro atoms. The molecule has 1 heterocycles. The van der Waals surface area contributed by atoms with Crippen molar-refractivity contribution in [1.29, 1.82) is 0 Å². The van der Waals surface area contributed by atoms with Crippen LogP contribution in [0.3, 0.4) is 0 Å². The predicted octanol–water partition coefficient (Wildman–Crippen LogP) is 3.02. The van der Waals surface area contributed by atoms with Crippen LogP contribution in [0.25, 0.3) is 0 Å². The molecule has 0 aliphatic carbocycles. The predicted molar refractivity (Wildman–Crippen MR) is 92.2 cm³/mol. The molecule has 2 aromatic carbocycles. The van der Waals surface area contributed by atoms with Crippen molar-refractivity contribution in [3.63, 3.8) is 0 Å². The smallest absolute Gasteiger partial charge is 0.362 e. The first kappa shape index (κ1) is 19.5. The summed E-state index contributed by atoms with van der Waals surface area (Å²) in [7, 11) is 0. The van der Waals surface area contributed by atoms with Crippen molar-refractivity contribution in [2.75, 3.05) is 0 Å². The summed E-state index contributed by atoms with van der Waals surface area (Å²) < 4.78 is 40.6. The SMILES string of the molecule is O=C(Cc1ccccc1)N1N=C(c2ccc([N+](=O)[O-])cc2)CC1(O)C(F)(F)F. The van der Waals surface area contributed by atoms with Crippen molar-refractivity contribution in [3.8, 4) is 0 Å². The van der Waals surface area contributed by atoms with Gasteiger partial charge in [0.25, 0.3) is 11.4 Å². The second-order valence-corrected chi connectivity index (χ2v) is 6.21. The van der Waals surface area contributed by atoms with Crippen LogP contribution >= 0.6 is 0 Å². The zero-order valence-electron chi connectivity index (χ0n) is 14.3. The number of rotatable bonds is 4. The van der Waals surface area contributed by atoms with Gasteiger partial charge in [-0.25, -0.2) is 0 Å². The Balaban J connectivity index is 1.94. The Labute approximate surface area is 156 Å². The van der Waals surface area contributed by atoms with Crippen LogP contribution in [-0.4, -0.2) is 38.6 Å². The number of nitro groups is 1. The van der Waals surface area contributed by atoms with Crippen molar-refractivity contribution >= 4 is 17.3 Å². The topological polar surface area (TPSA) is 96.0 Å². The van der Waals surface area contributed by atoms with Gasteiger partial charge in [-0.05, 0) is 23.3 Å². The van der Waals surface area contributed by atoms with Crippen LogP contribution < -0.4 is 0 Å². The molecule has 0 radical (unpaired) electrons. The Bertz CT molecular complexity index is 929. The number of nitrogens with zero attached hydrogens (tertiary/aromatic N) is 3. The number of carbonyl (C=O) groups excluding carboxylic acids is 1. The van der Waals surface area contributed by atoms with Crippen molar-refractivity contribution in [2.45, 2.75) is 24.7 Å². The number of halogens is 3. The fraction of sp³-hybridized carbons (Fsp3) is 0.222. The van der Waals surface area contributed by atoms with E-state index in [-0.39, 0.29) is 28.4 Å². The summed E-state index contributed by atoms with van der Waals surface area (Å²) in [5, 5.41) is 24.7. The molecular formula is C18H14F3N3O4. The molecule has 1 atom stereocenters. The molecule has 0 bridgehead atoms. The quantitative estimate of drug-likeness (QED) is 0.638. The zero-order chi connectivity index (χ0) is 20.5. The van der Waals surface area contributed by atoms with Gasteiger partial charge in [-0.2, -0.15) is 23.3 Å². The summed E-state index contributed by atoms with van der Waals surface area (Å²) >= 11 is 0. The van der Waals surface area contributed by atoms with Gasteiger partial charge in [0.05, 0.1) is 23.5 Å². The molecule has 1 amide bonds. The van der Waals surface area contributed by atoms with Gasteiger partial charge >= 0.3 is 6.18 Å². The monoisotopic (exact) mass is 393 g/mol. The molecular weight excluding hydrogens is 379 g/mol. The lowest BCUT2D eigenvalue weighted by Gasteiger charge is -2.32. The van der Waals surface area contributed by atoms with E-state index in [1.54, 1.807) is 30.3 Å². The first-order valence-electron chi connectivity index (χ1n) is 8.10. The number of hydrazone groups is 1. The number of hydrogen-bond acceptors (Lipinski definition) is 5. The van der Waals surface area contributed by atoms with Gasteiger partial charge in [0, 0.05) is 12.1 Å². The summed E-state index contributed by atoms with van der Waals surface area (Å²) in [4.78, 5) is 22.5. The molecule has 1 aliphatic rings. The van der Waals surface area contributed by atoms with Crippen molar-refractivity contribution in [2.24, 2.45) is 5.10 Å². The molecule has 0 saturated heterocycles. The van der Waals surface area contributed by atoms with Crippen LogP contribution in [0.5, 0.6) is 0 Å². The highest BCUT2D eigenvalue weighted by Gasteiger charge is 2.63. The maximum absolute atomic E-state index is 13.5. The second-order valence-electron chi connectivity index (χ2n) is 6.21. The lowest BCUT2D eigenvalue weighted by atomic mass is 10.0. The average molecular weight is 393 g/mol. The number of carbonyl (C=O) groups is 1. The number of alkyl halides is 3. The Morgan fingerprint density at radius 1 is 1.18 bits per heavy atom. The number of amides is 1. The van der Waals surface area contributed by atoms with Gasteiger partial charge in [-0.3, -0.25) is 14.9 Å². The van der Waals surface area contributed by atoms with Crippen molar-refractivity contribution < 1.29 is 28.0 Å². The number of hydrogen-bond donors (Lipinski definition) is 1. The van der Waals surface area contributed by atoms with Crippen molar-refractivity contribution in [3.05, 3.63) is 75.8 Å². The standard InChI is InChI=1S/C18H14F3N3O4/c19-18(20,21)17(26)11-15(13-6-8-14(9-7-13)24(27)28)22-23(17)16(25)10-12-4-2-1-3-5-12/h1-9,26H,10-11H2. The van der Waals surface area contributed by atoms with Crippen LogP contribution in [0, 0.1) is 10.1 Å². The van der Waals surface area contributed by atoms with Gasteiger partial charge in [-0.1, -0.05) is 30.3 Å². The van der Waals surface area contributed by atoms with Gasteiger partial charge in [0.2, 0.25) is 5.91 Å². The van der Waals surface area contributed by atoms with Gasteiger partial charge < -0.3 is 5.11 Å². The average Bonchev–Trinajstić information content (AvgIpc) is 3.02. The highest BCUT2D eigenvalue weighted by Crippen LogP contribution is 2.41. The van der Waals surface area contributed by atoms with Crippen LogP contribution in [0.15, 0.2) is 59.7 Å². The Hall–Kier alpha value is -3.27. The number of benzene rings is 2. The summed E-state index contributed by atoms with van der Waals surface area (Å²) in [5.41, 5.74) is -3.32. The molecule has 10 heteroatoms. The second kappa shape index (κ2) is 7.04. The Kier molecular flexibility index (Phi) is 4.90. The molecule has 28 heavy (non-hydrogen) atoms. The molecule has 1 unspecified atom stereocenters. The molecule has 0 saturated carbocycles. The van der Waals surface area contributed by atoms with E-state index in [2.05, 4.69) is 5.10 Å². The summed E-state index contributed by atoms with van der Waals surface area (Å²) in [6, 6.07) is 12.8. The molecule has 2 aromatic rings. The lowest BCUT2D eigenvalue weighted by Crippen LogP contribution is -2.57. The van der Waals surface area contributed by atoms with Gasteiger partial charge in [-0.15, -0.1) is 0 Å². The third-order valence-corrected chi connectivity index (χ3v) is 4.28. The van der Waals surface area contributed by atoms with Crippen LogP contribution in [0.1, 0.15) is 17.5 Å². The van der Waals surface area contributed by atoms with E-state index in [9.17, 15) is 33.2 Å². The summed E-state index contributed by atoms with van der Waals surface area (Å²) in [6.45, 7) is 0. The molecule has 0 fully saturated rings. The van der Waals surface area contributed by atoms with E-state index in [1.807, 2.05) is 0 Å². The van der Waals surface area contributed by atoms with Crippen LogP contribution in [0.2, 0.25) is 0 Å². The Morgan fingerprint density at radius 3 is 2.32 bits per heavy atom. The first-order valence-corrected chi connectivity index (χ1v) is 8.10. The molecule has 3 rings (SSSR count). The minimum atomic E-state index is -5.15. The fourth-order valence-electron chi connectivity index (χ4n) is 2.81. The number of aliphatic hydroxyl groups is 1. The minimum absolute atomic E-state index is 0.0523. The highest BCUT2D eigenvalue weighted by atomic mass is 19.4. The van der Waals surface area contributed by atoms with Gasteiger partial charge in [0.1, 0.15) is 0 Å². The van der Waals surface area contributed by atoms with E-state index in [0.717, 1.165) is 12.1 Å². The van der Waals surface area contributed by atoms with Crippen molar-refractivity contribution in [1.82, 2.24) is 5.01 Å². The molecule has 1 N–H and O–H groups in total. The summed E-state index contributed by atoms with van der Waals surface area (Å²) in [6.07, 6.45) is -6.50. The van der Waals surface area contributed by atoms with Crippen LogP contribution in [-0.2, 0) is 11.2 Å². The van der Waals surface area contributed by atoms with E-state index in [1.165, 1.54) is 12.1 Å². The van der Waals surface area contributed by atoms with E-state index >= 15 is 0 Å². The zero-order valence-corrected chi connectivity index (χ0v) is 14.3. The number of nitro benzene ring substituents is 1. The molecule has 7 nitrogen and oxygen atoms in total. The fourth-order valence-corrected chi connectivity index (χ4v) is 2.81. The van der Waals surface area contributed by atoms with E-state index in [4.69, 9.17) is 0 Å². The third kappa shape index (κ3) is 3.58. The maximum Gasteiger partial charge on any atom is 0.438 e. The highest BCUT2D eigenvalue weighted by molar-refractivity contribution is 6.03. The summed E-state index contributed by atoms with van der Waals surface area (Å²) in [5.74, 6) is -1.03. The van der Waals surface area contributed by atoms with E-state index in [0.29, 0.717) is 5.56 Å². The molecule has 1 aliphatic heterocycles.